The average molecular weight is 460 g/mol. The first kappa shape index (κ1) is 22.8. The predicted molar refractivity (Wildman–Crippen MR) is 104 cm³/mol. The molecule has 3 rings (SSSR count). The first-order valence-electron chi connectivity index (χ1n) is 9.03. The number of carbonyl (C=O) groups excluding carboxylic acids is 1. The molecule has 168 valence electrons. The van der Waals surface area contributed by atoms with Crippen molar-refractivity contribution in [2.45, 2.75) is 11.3 Å². The number of halogens is 3. The van der Waals surface area contributed by atoms with E-state index in [0.29, 0.717) is 0 Å². The molecule has 2 aromatic carbocycles. The van der Waals surface area contributed by atoms with Crippen molar-refractivity contribution in [2.75, 3.05) is 38.7 Å². The van der Waals surface area contributed by atoms with E-state index >= 15 is 0 Å². The fraction of sp³-hybridized carbons (Fsp3) is 0.316. The summed E-state index contributed by atoms with van der Waals surface area (Å²) in [5, 5.41) is 2.53. The number of alkyl halides is 3. The second-order valence-corrected chi connectivity index (χ2v) is 8.31. The molecule has 0 aromatic heterocycles. The third-order valence-corrected chi connectivity index (χ3v) is 6.28. The van der Waals surface area contributed by atoms with E-state index in [2.05, 4.69) is 10.1 Å². The number of morpholine rings is 1. The Morgan fingerprint density at radius 1 is 1.10 bits per heavy atom. The summed E-state index contributed by atoms with van der Waals surface area (Å²) in [6, 6.07) is 8.45. The van der Waals surface area contributed by atoms with Crippen molar-refractivity contribution in [2.24, 2.45) is 0 Å². The van der Waals surface area contributed by atoms with Gasteiger partial charge in [-0.2, -0.15) is 4.31 Å². The molecule has 0 spiro atoms. The summed E-state index contributed by atoms with van der Waals surface area (Å²) in [5.41, 5.74) is 0.233. The van der Waals surface area contributed by atoms with Crippen molar-refractivity contribution in [1.29, 1.82) is 0 Å². The molecule has 0 saturated carbocycles. The van der Waals surface area contributed by atoms with Crippen molar-refractivity contribution in [3.8, 4) is 11.5 Å². The van der Waals surface area contributed by atoms with Gasteiger partial charge in [0.25, 0.3) is 5.91 Å². The Kier molecular flexibility index (Phi) is 6.72. The van der Waals surface area contributed by atoms with E-state index in [4.69, 9.17) is 9.47 Å². The average Bonchev–Trinajstić information content (AvgIpc) is 2.73. The highest BCUT2D eigenvalue weighted by molar-refractivity contribution is 7.89. The van der Waals surface area contributed by atoms with Crippen molar-refractivity contribution in [3.63, 3.8) is 0 Å². The lowest BCUT2D eigenvalue weighted by Crippen LogP contribution is -2.40. The zero-order valence-corrected chi connectivity index (χ0v) is 17.1. The van der Waals surface area contributed by atoms with E-state index in [1.165, 1.54) is 29.6 Å². The lowest BCUT2D eigenvalue weighted by atomic mass is 10.2. The third kappa shape index (κ3) is 5.66. The Balaban J connectivity index is 1.80. The topological polar surface area (TPSA) is 94.2 Å². The molecule has 12 heteroatoms. The van der Waals surface area contributed by atoms with E-state index < -0.39 is 28.0 Å². The minimum atomic E-state index is -4.84. The van der Waals surface area contributed by atoms with Crippen LogP contribution in [0.15, 0.2) is 47.4 Å². The van der Waals surface area contributed by atoms with Crippen LogP contribution < -0.4 is 14.8 Å². The van der Waals surface area contributed by atoms with Gasteiger partial charge in [-0.05, 0) is 42.5 Å². The summed E-state index contributed by atoms with van der Waals surface area (Å²) in [6.45, 7) is 0.918. The molecule has 0 bridgehead atoms. The van der Waals surface area contributed by atoms with Crippen LogP contribution in [-0.4, -0.2) is 58.4 Å². The number of amides is 1. The quantitative estimate of drug-likeness (QED) is 0.713. The highest BCUT2D eigenvalue weighted by Gasteiger charge is 2.31. The SMILES string of the molecule is COc1ccc(NC(=O)c2ccc(OC(F)(F)F)cc2)cc1S(=O)(=O)N1CCOCC1. The minimum Gasteiger partial charge on any atom is -0.495 e. The molecule has 2 aromatic rings. The number of sulfonamides is 1. The molecule has 0 radical (unpaired) electrons. The first-order chi connectivity index (χ1) is 14.6. The van der Waals surface area contributed by atoms with Gasteiger partial charge in [0, 0.05) is 24.3 Å². The molecule has 8 nitrogen and oxygen atoms in total. The number of rotatable bonds is 6. The molecule has 1 amide bonds. The predicted octanol–water partition coefficient (Wildman–Crippen LogP) is 2.87. The molecule has 1 N–H and O–H groups in total. The molecular weight excluding hydrogens is 441 g/mol. The van der Waals surface area contributed by atoms with Crippen LogP contribution in [0.1, 0.15) is 10.4 Å². The van der Waals surface area contributed by atoms with E-state index in [1.807, 2.05) is 0 Å². The molecule has 1 heterocycles. The van der Waals surface area contributed by atoms with Crippen LogP contribution in [0.3, 0.4) is 0 Å². The van der Waals surface area contributed by atoms with Gasteiger partial charge in [-0.1, -0.05) is 0 Å². The maximum atomic E-state index is 13.0. The van der Waals surface area contributed by atoms with Crippen molar-refractivity contribution in [1.82, 2.24) is 4.31 Å². The van der Waals surface area contributed by atoms with Gasteiger partial charge in [0.1, 0.15) is 16.4 Å². The number of nitrogens with zero attached hydrogens (tertiary/aromatic N) is 1. The molecule has 1 fully saturated rings. The first-order valence-corrected chi connectivity index (χ1v) is 10.5. The Bertz CT molecular complexity index is 1040. The monoisotopic (exact) mass is 460 g/mol. The number of nitrogens with one attached hydrogen (secondary N) is 1. The molecule has 31 heavy (non-hydrogen) atoms. The molecule has 0 aliphatic carbocycles. The van der Waals surface area contributed by atoms with E-state index in [1.54, 1.807) is 0 Å². The van der Waals surface area contributed by atoms with Gasteiger partial charge in [-0.3, -0.25) is 4.79 Å². The zero-order valence-electron chi connectivity index (χ0n) is 16.3. The molecule has 0 atom stereocenters. The van der Waals surface area contributed by atoms with E-state index in [9.17, 15) is 26.4 Å². The summed E-state index contributed by atoms with van der Waals surface area (Å²) < 4.78 is 78.1. The number of methoxy groups -OCH3 is 1. The van der Waals surface area contributed by atoms with Crippen LogP contribution >= 0.6 is 0 Å². The van der Waals surface area contributed by atoms with Crippen molar-refractivity contribution in [3.05, 3.63) is 48.0 Å². The van der Waals surface area contributed by atoms with Gasteiger partial charge in [-0.15, -0.1) is 13.2 Å². The largest absolute Gasteiger partial charge is 0.573 e. The van der Waals surface area contributed by atoms with Crippen LogP contribution in [0, 0.1) is 0 Å². The fourth-order valence-corrected chi connectivity index (χ4v) is 4.48. The number of anilines is 1. The number of carbonyl (C=O) groups is 1. The standard InChI is InChI=1S/C19H19F3N2O6S/c1-28-16-7-4-14(12-17(16)31(26,27)24-8-10-29-11-9-24)23-18(25)13-2-5-15(6-3-13)30-19(20,21)22/h2-7,12H,8-11H2,1H3,(H,23,25). The maximum Gasteiger partial charge on any atom is 0.573 e. The summed E-state index contributed by atoms with van der Waals surface area (Å²) in [4.78, 5) is 12.3. The lowest BCUT2D eigenvalue weighted by Gasteiger charge is -2.26. The Morgan fingerprint density at radius 2 is 1.74 bits per heavy atom. The summed E-state index contributed by atoms with van der Waals surface area (Å²) in [7, 11) is -2.57. The second kappa shape index (κ2) is 9.12. The highest BCUT2D eigenvalue weighted by Crippen LogP contribution is 2.30. The number of benzene rings is 2. The minimum absolute atomic E-state index is 0.0583. The second-order valence-electron chi connectivity index (χ2n) is 6.41. The molecule has 1 saturated heterocycles. The van der Waals surface area contributed by atoms with E-state index in [-0.39, 0.29) is 48.2 Å². The van der Waals surface area contributed by atoms with Gasteiger partial charge in [-0.25, -0.2) is 8.42 Å². The maximum absolute atomic E-state index is 13.0. The Morgan fingerprint density at radius 3 is 2.32 bits per heavy atom. The van der Waals surface area contributed by atoms with Crippen LogP contribution in [0.5, 0.6) is 11.5 Å². The van der Waals surface area contributed by atoms with Gasteiger partial charge in [0.2, 0.25) is 10.0 Å². The van der Waals surface area contributed by atoms with Crippen LogP contribution in [0.4, 0.5) is 18.9 Å². The van der Waals surface area contributed by atoms with Crippen LogP contribution in [0.2, 0.25) is 0 Å². The van der Waals surface area contributed by atoms with Gasteiger partial charge in [0.15, 0.2) is 0 Å². The van der Waals surface area contributed by atoms with Crippen molar-refractivity contribution < 1.29 is 40.6 Å². The fourth-order valence-electron chi connectivity index (χ4n) is 2.89. The summed E-state index contributed by atoms with van der Waals surface area (Å²) in [6.07, 6.45) is -4.84. The molecule has 1 aliphatic heterocycles. The summed E-state index contributed by atoms with van der Waals surface area (Å²) >= 11 is 0. The van der Waals surface area contributed by atoms with Crippen LogP contribution in [0.25, 0.3) is 0 Å². The van der Waals surface area contributed by atoms with Crippen LogP contribution in [-0.2, 0) is 14.8 Å². The Labute approximate surface area is 176 Å². The zero-order chi connectivity index (χ0) is 22.6. The number of ether oxygens (including phenoxy) is 3. The smallest absolute Gasteiger partial charge is 0.495 e. The lowest BCUT2D eigenvalue weighted by molar-refractivity contribution is -0.274. The normalized spacial score (nSPS) is 15.4. The van der Waals surface area contributed by atoms with Gasteiger partial charge >= 0.3 is 6.36 Å². The summed E-state index contributed by atoms with van der Waals surface area (Å²) in [5.74, 6) is -0.996. The highest BCUT2D eigenvalue weighted by atomic mass is 32.2. The molecular formula is C19H19F3N2O6S. The molecule has 1 aliphatic rings. The van der Waals surface area contributed by atoms with E-state index in [0.717, 1.165) is 24.3 Å². The molecule has 0 unspecified atom stereocenters. The van der Waals surface area contributed by atoms with Crippen molar-refractivity contribution >= 4 is 21.6 Å². The van der Waals surface area contributed by atoms with Gasteiger partial charge in [0.05, 0.1) is 20.3 Å². The Hall–Kier alpha value is -2.83. The van der Waals surface area contributed by atoms with Gasteiger partial charge < -0.3 is 19.5 Å². The number of hydrogen-bond acceptors (Lipinski definition) is 6. The number of hydrogen-bond donors (Lipinski definition) is 1. The third-order valence-electron chi connectivity index (χ3n) is 4.36.